The third kappa shape index (κ3) is 2.88. The Hall–Kier alpha value is -0.760. The van der Waals surface area contributed by atoms with E-state index in [0.717, 1.165) is 0 Å². The van der Waals surface area contributed by atoms with E-state index in [1.54, 1.807) is 18.2 Å². The Kier molecular flexibility index (Phi) is 3.15. The summed E-state index contributed by atoms with van der Waals surface area (Å²) in [5, 5.41) is 0. The number of alkyl halides is 1. The van der Waals surface area contributed by atoms with Crippen molar-refractivity contribution in [3.63, 3.8) is 0 Å². The average molecular weight is 203 g/mol. The minimum atomic E-state index is -0.538. The molecule has 0 unspecified atom stereocenters. The van der Waals surface area contributed by atoms with Crippen LogP contribution in [0.2, 0.25) is 0 Å². The van der Waals surface area contributed by atoms with Crippen LogP contribution >= 0.6 is 11.6 Å². The zero-order valence-electron chi connectivity index (χ0n) is 7.68. The summed E-state index contributed by atoms with van der Waals surface area (Å²) in [5.74, 6) is 0.204. The van der Waals surface area contributed by atoms with Gasteiger partial charge in [0.1, 0.15) is 5.60 Å². The molecule has 0 bridgehead atoms. The number of rotatable bonds is 3. The van der Waals surface area contributed by atoms with Crippen molar-refractivity contribution in [2.24, 2.45) is 0 Å². The van der Waals surface area contributed by atoms with Gasteiger partial charge >= 0.3 is 0 Å². The lowest BCUT2D eigenvalue weighted by Gasteiger charge is -2.23. The highest BCUT2D eigenvalue weighted by Crippen LogP contribution is 2.22. The van der Waals surface area contributed by atoms with Gasteiger partial charge in [-0.3, -0.25) is 0 Å². The molecular weight excluding hydrogens is 191 g/mol. The van der Waals surface area contributed by atoms with Crippen LogP contribution in [0, 0.1) is 5.82 Å². The summed E-state index contributed by atoms with van der Waals surface area (Å²) >= 11 is 5.65. The van der Waals surface area contributed by atoms with Gasteiger partial charge in [0.25, 0.3) is 0 Å². The molecule has 1 rings (SSSR count). The largest absolute Gasteiger partial charge is 0.484 e. The van der Waals surface area contributed by atoms with E-state index in [1.807, 2.05) is 13.8 Å². The Morgan fingerprint density at radius 1 is 1.38 bits per heavy atom. The van der Waals surface area contributed by atoms with E-state index in [4.69, 9.17) is 16.3 Å². The minimum absolute atomic E-state index is 0.244. The molecule has 0 radical (unpaired) electrons. The first-order valence-electron chi connectivity index (χ1n) is 4.05. The van der Waals surface area contributed by atoms with Gasteiger partial charge in [0.15, 0.2) is 11.6 Å². The van der Waals surface area contributed by atoms with E-state index in [9.17, 15) is 4.39 Å². The number of hydrogen-bond acceptors (Lipinski definition) is 1. The second-order valence-electron chi connectivity index (χ2n) is 3.43. The zero-order valence-corrected chi connectivity index (χ0v) is 8.44. The van der Waals surface area contributed by atoms with Crippen LogP contribution in [0.25, 0.3) is 0 Å². The summed E-state index contributed by atoms with van der Waals surface area (Å²) in [6.45, 7) is 3.62. The highest BCUT2D eigenvalue weighted by Gasteiger charge is 2.19. The van der Waals surface area contributed by atoms with E-state index in [-0.39, 0.29) is 11.6 Å². The molecule has 1 nitrogen and oxygen atoms in total. The molecule has 0 saturated heterocycles. The molecule has 1 aromatic carbocycles. The van der Waals surface area contributed by atoms with Crippen molar-refractivity contribution in [2.45, 2.75) is 19.4 Å². The molecule has 0 aliphatic carbocycles. The number of benzene rings is 1. The predicted molar refractivity (Wildman–Crippen MR) is 51.8 cm³/mol. The molecule has 0 N–H and O–H groups in total. The molecule has 0 heterocycles. The number of ether oxygens (including phenoxy) is 1. The van der Waals surface area contributed by atoms with Gasteiger partial charge in [-0.05, 0) is 26.0 Å². The van der Waals surface area contributed by atoms with Crippen LogP contribution in [-0.4, -0.2) is 11.5 Å². The van der Waals surface area contributed by atoms with Crippen LogP contribution in [0.3, 0.4) is 0 Å². The van der Waals surface area contributed by atoms with Crippen LogP contribution in [-0.2, 0) is 0 Å². The normalized spacial score (nSPS) is 11.4. The lowest BCUT2D eigenvalue weighted by molar-refractivity contribution is 0.128. The first kappa shape index (κ1) is 10.3. The van der Waals surface area contributed by atoms with Crippen LogP contribution in [0.5, 0.6) is 5.75 Å². The third-order valence-electron chi connectivity index (χ3n) is 1.54. The molecule has 1 aromatic rings. The van der Waals surface area contributed by atoms with E-state index in [0.29, 0.717) is 5.88 Å². The molecule has 0 fully saturated rings. The fourth-order valence-electron chi connectivity index (χ4n) is 0.852. The lowest BCUT2D eigenvalue weighted by atomic mass is 10.2. The van der Waals surface area contributed by atoms with E-state index >= 15 is 0 Å². The summed E-state index contributed by atoms with van der Waals surface area (Å²) in [4.78, 5) is 0. The second kappa shape index (κ2) is 3.97. The fraction of sp³-hybridized carbons (Fsp3) is 0.400. The highest BCUT2D eigenvalue weighted by atomic mass is 35.5. The summed E-state index contributed by atoms with van der Waals surface area (Å²) < 4.78 is 18.5. The third-order valence-corrected chi connectivity index (χ3v) is 2.19. The van der Waals surface area contributed by atoms with Crippen LogP contribution in [0.15, 0.2) is 24.3 Å². The maximum absolute atomic E-state index is 13.1. The van der Waals surface area contributed by atoms with Gasteiger partial charge in [-0.25, -0.2) is 4.39 Å². The summed E-state index contributed by atoms with van der Waals surface area (Å²) in [6, 6.07) is 6.29. The van der Waals surface area contributed by atoms with Gasteiger partial charge in [-0.15, -0.1) is 11.6 Å². The van der Waals surface area contributed by atoms with E-state index in [1.165, 1.54) is 6.07 Å². The maximum Gasteiger partial charge on any atom is 0.165 e. The van der Waals surface area contributed by atoms with Crippen molar-refractivity contribution < 1.29 is 9.13 Å². The van der Waals surface area contributed by atoms with Crippen molar-refractivity contribution >= 4 is 11.6 Å². The van der Waals surface area contributed by atoms with E-state index < -0.39 is 5.60 Å². The molecule has 3 heteroatoms. The Morgan fingerprint density at radius 3 is 2.54 bits per heavy atom. The monoisotopic (exact) mass is 202 g/mol. The van der Waals surface area contributed by atoms with Crippen LogP contribution in [0.4, 0.5) is 4.39 Å². The fourth-order valence-corrected chi connectivity index (χ4v) is 0.907. The van der Waals surface area contributed by atoms with Gasteiger partial charge in [0.2, 0.25) is 0 Å². The molecule has 0 aliphatic heterocycles. The molecule has 0 aromatic heterocycles. The van der Waals surface area contributed by atoms with Gasteiger partial charge in [0.05, 0.1) is 5.88 Å². The predicted octanol–water partition coefficient (Wildman–Crippen LogP) is 3.22. The lowest BCUT2D eigenvalue weighted by Crippen LogP contribution is -2.30. The molecule has 0 saturated carbocycles. The smallest absolute Gasteiger partial charge is 0.165 e. The van der Waals surface area contributed by atoms with Gasteiger partial charge in [-0.2, -0.15) is 0 Å². The molecule has 0 aliphatic rings. The SMILES string of the molecule is CC(C)(CCl)Oc1ccccc1F. The zero-order chi connectivity index (χ0) is 9.90. The summed E-state index contributed by atoms with van der Waals surface area (Å²) in [6.07, 6.45) is 0. The van der Waals surface area contributed by atoms with Gasteiger partial charge in [-0.1, -0.05) is 12.1 Å². The van der Waals surface area contributed by atoms with Crippen LogP contribution < -0.4 is 4.74 Å². The Morgan fingerprint density at radius 2 is 2.00 bits per heavy atom. The highest BCUT2D eigenvalue weighted by molar-refractivity contribution is 6.18. The first-order valence-corrected chi connectivity index (χ1v) is 4.58. The molecule has 0 atom stereocenters. The Balaban J connectivity index is 2.80. The second-order valence-corrected chi connectivity index (χ2v) is 3.69. The van der Waals surface area contributed by atoms with E-state index in [2.05, 4.69) is 0 Å². The maximum atomic E-state index is 13.1. The Bertz CT molecular complexity index is 286. The number of para-hydroxylation sites is 1. The Labute approximate surface area is 82.5 Å². The van der Waals surface area contributed by atoms with Crippen molar-refractivity contribution in [1.82, 2.24) is 0 Å². The van der Waals surface area contributed by atoms with Crippen molar-refractivity contribution in [2.75, 3.05) is 5.88 Å². The number of hydrogen-bond donors (Lipinski definition) is 0. The molecule has 13 heavy (non-hydrogen) atoms. The first-order chi connectivity index (χ1) is 6.05. The molecular formula is C10H12ClFO. The molecule has 0 amide bonds. The van der Waals surface area contributed by atoms with Crippen molar-refractivity contribution in [3.05, 3.63) is 30.1 Å². The number of halogens is 2. The van der Waals surface area contributed by atoms with Crippen LogP contribution in [0.1, 0.15) is 13.8 Å². The topological polar surface area (TPSA) is 9.23 Å². The quantitative estimate of drug-likeness (QED) is 0.684. The minimum Gasteiger partial charge on any atom is -0.484 e. The molecule has 0 spiro atoms. The van der Waals surface area contributed by atoms with Gasteiger partial charge in [0, 0.05) is 0 Å². The summed E-state index contributed by atoms with van der Waals surface area (Å²) in [5.41, 5.74) is -0.538. The van der Waals surface area contributed by atoms with Crippen molar-refractivity contribution in [1.29, 1.82) is 0 Å². The summed E-state index contributed by atoms with van der Waals surface area (Å²) in [7, 11) is 0. The average Bonchev–Trinajstić information content (AvgIpc) is 2.09. The standard InChI is InChI=1S/C10H12ClFO/c1-10(2,7-11)13-9-6-4-3-5-8(9)12/h3-6H,7H2,1-2H3. The molecule has 72 valence electrons. The van der Waals surface area contributed by atoms with Gasteiger partial charge < -0.3 is 4.74 Å². The van der Waals surface area contributed by atoms with Crippen molar-refractivity contribution in [3.8, 4) is 5.75 Å².